The first-order chi connectivity index (χ1) is 8.54. The number of carbonyl (C=O) groups excluding carboxylic acids is 1. The Morgan fingerprint density at radius 1 is 1.67 bits per heavy atom. The van der Waals surface area contributed by atoms with Crippen molar-refractivity contribution in [2.75, 3.05) is 19.7 Å². The maximum absolute atomic E-state index is 12.2. The second kappa shape index (κ2) is 5.24. The van der Waals surface area contributed by atoms with Gasteiger partial charge >= 0.3 is 0 Å². The molecule has 5 nitrogen and oxygen atoms in total. The van der Waals surface area contributed by atoms with Crippen LogP contribution in [0.5, 0.6) is 0 Å². The maximum atomic E-state index is 12.2. The Kier molecular flexibility index (Phi) is 3.87. The van der Waals surface area contributed by atoms with Gasteiger partial charge < -0.3 is 15.0 Å². The van der Waals surface area contributed by atoms with Crippen LogP contribution in [0.25, 0.3) is 0 Å². The van der Waals surface area contributed by atoms with E-state index in [0.717, 1.165) is 6.42 Å². The number of pyridine rings is 1. The standard InChI is InChI=1S/C12H15BrN2O3/c1-7-10(13)11(17)9(4-14-7)12(18)15-3-2-8(5-15)6-16/h4,8,16H,2-3,5-6H2,1H3,(H,14,17). The second-order valence-corrected chi connectivity index (χ2v) is 5.35. The molecule has 0 radical (unpaired) electrons. The molecule has 0 aromatic carbocycles. The molecule has 1 saturated heterocycles. The summed E-state index contributed by atoms with van der Waals surface area (Å²) in [4.78, 5) is 28.7. The van der Waals surface area contributed by atoms with Gasteiger partial charge in [-0.25, -0.2) is 0 Å². The van der Waals surface area contributed by atoms with Crippen LogP contribution in [0.2, 0.25) is 0 Å². The van der Waals surface area contributed by atoms with Crippen molar-refractivity contribution in [2.45, 2.75) is 13.3 Å². The van der Waals surface area contributed by atoms with Gasteiger partial charge in [-0.3, -0.25) is 9.59 Å². The molecule has 6 heteroatoms. The highest BCUT2D eigenvalue weighted by Gasteiger charge is 2.28. The molecule has 18 heavy (non-hydrogen) atoms. The van der Waals surface area contributed by atoms with Gasteiger partial charge in [0.15, 0.2) is 0 Å². The van der Waals surface area contributed by atoms with Crippen molar-refractivity contribution in [3.8, 4) is 0 Å². The number of aliphatic hydroxyl groups is 1. The molecule has 0 bridgehead atoms. The molecule has 1 atom stereocenters. The average Bonchev–Trinajstić information content (AvgIpc) is 2.84. The summed E-state index contributed by atoms with van der Waals surface area (Å²) in [5, 5.41) is 9.06. The number of aliphatic hydroxyl groups excluding tert-OH is 1. The van der Waals surface area contributed by atoms with Crippen molar-refractivity contribution in [1.29, 1.82) is 0 Å². The monoisotopic (exact) mass is 314 g/mol. The van der Waals surface area contributed by atoms with E-state index in [2.05, 4.69) is 20.9 Å². The van der Waals surface area contributed by atoms with Crippen LogP contribution >= 0.6 is 15.9 Å². The first-order valence-corrected chi connectivity index (χ1v) is 6.61. The van der Waals surface area contributed by atoms with Crippen LogP contribution in [0.1, 0.15) is 22.5 Å². The fraction of sp³-hybridized carbons (Fsp3) is 0.500. The number of hydrogen-bond donors (Lipinski definition) is 2. The number of aromatic amines is 1. The number of aryl methyl sites for hydroxylation is 1. The zero-order valence-corrected chi connectivity index (χ0v) is 11.7. The van der Waals surface area contributed by atoms with E-state index in [0.29, 0.717) is 23.3 Å². The number of nitrogens with zero attached hydrogens (tertiary/aromatic N) is 1. The van der Waals surface area contributed by atoms with Crippen LogP contribution in [-0.2, 0) is 0 Å². The predicted octanol–water partition coefficient (Wildman–Crippen LogP) is 0.900. The van der Waals surface area contributed by atoms with Crippen molar-refractivity contribution < 1.29 is 9.90 Å². The highest BCUT2D eigenvalue weighted by atomic mass is 79.9. The van der Waals surface area contributed by atoms with Gasteiger partial charge in [-0.1, -0.05) is 0 Å². The summed E-state index contributed by atoms with van der Waals surface area (Å²) >= 11 is 3.18. The Balaban J connectivity index is 2.25. The molecule has 1 aromatic heterocycles. The quantitative estimate of drug-likeness (QED) is 0.852. The van der Waals surface area contributed by atoms with Crippen molar-refractivity contribution >= 4 is 21.8 Å². The molecule has 0 saturated carbocycles. The molecule has 2 N–H and O–H groups in total. The third kappa shape index (κ3) is 2.35. The number of hydrogen-bond acceptors (Lipinski definition) is 3. The van der Waals surface area contributed by atoms with E-state index >= 15 is 0 Å². The summed E-state index contributed by atoms with van der Waals surface area (Å²) < 4.78 is 0.395. The van der Waals surface area contributed by atoms with Crippen LogP contribution in [-0.4, -0.2) is 40.6 Å². The third-order valence-corrected chi connectivity index (χ3v) is 4.22. The number of halogens is 1. The van der Waals surface area contributed by atoms with Gasteiger partial charge in [0.1, 0.15) is 5.56 Å². The predicted molar refractivity (Wildman–Crippen MR) is 70.6 cm³/mol. The van der Waals surface area contributed by atoms with E-state index < -0.39 is 0 Å². The molecule has 0 spiro atoms. The summed E-state index contributed by atoms with van der Waals surface area (Å²) in [6.45, 7) is 2.95. The molecule has 98 valence electrons. The number of likely N-dealkylation sites (tertiary alicyclic amines) is 1. The Labute approximate surface area is 113 Å². The minimum absolute atomic E-state index is 0.0811. The number of H-pyrrole nitrogens is 1. The lowest BCUT2D eigenvalue weighted by Crippen LogP contribution is -2.33. The highest BCUT2D eigenvalue weighted by molar-refractivity contribution is 9.10. The van der Waals surface area contributed by atoms with E-state index in [1.54, 1.807) is 11.8 Å². The minimum Gasteiger partial charge on any atom is -0.396 e. The molecule has 2 rings (SSSR count). The highest BCUT2D eigenvalue weighted by Crippen LogP contribution is 2.18. The lowest BCUT2D eigenvalue weighted by molar-refractivity contribution is 0.0780. The van der Waals surface area contributed by atoms with Gasteiger partial charge in [-0.15, -0.1) is 0 Å². The summed E-state index contributed by atoms with van der Waals surface area (Å²) in [5.74, 6) is -0.144. The fourth-order valence-electron chi connectivity index (χ4n) is 2.09. The Hall–Kier alpha value is -1.14. The van der Waals surface area contributed by atoms with Gasteiger partial charge in [0.2, 0.25) is 5.43 Å². The Bertz CT molecular complexity index is 527. The van der Waals surface area contributed by atoms with Gasteiger partial charge in [0, 0.05) is 37.5 Å². The van der Waals surface area contributed by atoms with Gasteiger partial charge in [0.05, 0.1) is 4.47 Å². The van der Waals surface area contributed by atoms with Crippen molar-refractivity contribution in [2.24, 2.45) is 5.92 Å². The lowest BCUT2D eigenvalue weighted by Gasteiger charge is -2.16. The Morgan fingerprint density at radius 3 is 3.00 bits per heavy atom. The number of rotatable bonds is 2. The summed E-state index contributed by atoms with van der Waals surface area (Å²) in [6, 6.07) is 0. The van der Waals surface area contributed by atoms with Crippen LogP contribution in [0.4, 0.5) is 0 Å². The summed E-state index contributed by atoms with van der Waals surface area (Å²) in [7, 11) is 0. The number of amides is 1. The molecule has 1 aromatic rings. The van der Waals surface area contributed by atoms with E-state index in [-0.39, 0.29) is 29.4 Å². The first kappa shape index (κ1) is 13.3. The van der Waals surface area contributed by atoms with Crippen molar-refractivity contribution in [1.82, 2.24) is 9.88 Å². The molecule has 1 aliphatic heterocycles. The fourth-order valence-corrected chi connectivity index (χ4v) is 2.42. The number of nitrogens with one attached hydrogen (secondary N) is 1. The van der Waals surface area contributed by atoms with E-state index in [9.17, 15) is 9.59 Å². The molecule has 1 amide bonds. The minimum atomic E-state index is -0.288. The first-order valence-electron chi connectivity index (χ1n) is 5.82. The van der Waals surface area contributed by atoms with E-state index in [4.69, 9.17) is 5.11 Å². The van der Waals surface area contributed by atoms with Crippen molar-refractivity contribution in [3.05, 3.63) is 32.2 Å². The zero-order valence-electron chi connectivity index (χ0n) is 10.1. The molecular formula is C12H15BrN2O3. The normalized spacial score (nSPS) is 19.3. The smallest absolute Gasteiger partial charge is 0.259 e. The number of aromatic nitrogens is 1. The summed E-state index contributed by atoms with van der Waals surface area (Å²) in [5.41, 5.74) is 0.556. The van der Waals surface area contributed by atoms with E-state index in [1.165, 1.54) is 6.20 Å². The molecule has 0 aliphatic carbocycles. The maximum Gasteiger partial charge on any atom is 0.259 e. The van der Waals surface area contributed by atoms with Gasteiger partial charge in [0.25, 0.3) is 5.91 Å². The molecule has 1 aliphatic rings. The van der Waals surface area contributed by atoms with Crippen LogP contribution in [0, 0.1) is 12.8 Å². The zero-order chi connectivity index (χ0) is 13.3. The molecule has 2 heterocycles. The largest absolute Gasteiger partial charge is 0.396 e. The average molecular weight is 315 g/mol. The van der Waals surface area contributed by atoms with E-state index in [1.807, 2.05) is 0 Å². The van der Waals surface area contributed by atoms with Gasteiger partial charge in [-0.05, 0) is 29.3 Å². The molecular weight excluding hydrogens is 300 g/mol. The lowest BCUT2D eigenvalue weighted by atomic mass is 10.1. The second-order valence-electron chi connectivity index (χ2n) is 4.56. The number of carbonyl (C=O) groups is 1. The SMILES string of the molecule is Cc1[nH]cc(C(=O)N2CCC(CO)C2)c(=O)c1Br. The van der Waals surface area contributed by atoms with Crippen LogP contribution in [0.15, 0.2) is 15.5 Å². The third-order valence-electron chi connectivity index (χ3n) is 3.27. The van der Waals surface area contributed by atoms with Crippen LogP contribution < -0.4 is 5.43 Å². The summed E-state index contributed by atoms with van der Waals surface area (Å²) in [6.07, 6.45) is 2.24. The molecule has 1 unspecified atom stereocenters. The molecule has 1 fully saturated rings. The topological polar surface area (TPSA) is 73.4 Å². The van der Waals surface area contributed by atoms with Crippen LogP contribution in [0.3, 0.4) is 0 Å². The van der Waals surface area contributed by atoms with Crippen molar-refractivity contribution in [3.63, 3.8) is 0 Å². The Morgan fingerprint density at radius 2 is 2.39 bits per heavy atom. The van der Waals surface area contributed by atoms with Gasteiger partial charge in [-0.2, -0.15) is 0 Å².